The molecule has 6 nitrogen and oxygen atoms in total. The van der Waals surface area contributed by atoms with Crippen LogP contribution in [-0.4, -0.2) is 22.3 Å². The maximum absolute atomic E-state index is 10.9. The standard InChI is InChI=1S/C14H18N4O2S/c19-18(20)13-9-5-4-6-11(13)10-15-17-14(21)16-12-7-2-1-3-8-12/h4-6,9-10,12H,1-3,7-8H2,(H2,16,17,21)/b15-10+. The van der Waals surface area contributed by atoms with Gasteiger partial charge in [-0.3, -0.25) is 15.5 Å². The molecule has 0 atom stereocenters. The molecule has 0 spiro atoms. The van der Waals surface area contributed by atoms with Crippen LogP contribution in [0.3, 0.4) is 0 Å². The summed E-state index contributed by atoms with van der Waals surface area (Å²) in [4.78, 5) is 10.4. The van der Waals surface area contributed by atoms with Crippen molar-refractivity contribution in [3.63, 3.8) is 0 Å². The van der Waals surface area contributed by atoms with Crippen LogP contribution in [0.1, 0.15) is 37.7 Å². The molecule has 1 aliphatic carbocycles. The maximum atomic E-state index is 10.9. The number of hydrogen-bond donors (Lipinski definition) is 2. The van der Waals surface area contributed by atoms with E-state index in [1.807, 2.05) is 0 Å². The van der Waals surface area contributed by atoms with Gasteiger partial charge in [0.15, 0.2) is 5.11 Å². The van der Waals surface area contributed by atoms with Crippen molar-refractivity contribution < 1.29 is 4.92 Å². The molecule has 0 bridgehead atoms. The molecule has 0 aliphatic heterocycles. The summed E-state index contributed by atoms with van der Waals surface area (Å²) in [5.41, 5.74) is 3.17. The fraction of sp³-hybridized carbons (Fsp3) is 0.429. The van der Waals surface area contributed by atoms with E-state index in [2.05, 4.69) is 15.8 Å². The van der Waals surface area contributed by atoms with Gasteiger partial charge in [0, 0.05) is 12.1 Å². The van der Waals surface area contributed by atoms with Crippen LogP contribution in [0.15, 0.2) is 29.4 Å². The van der Waals surface area contributed by atoms with Gasteiger partial charge in [0.05, 0.1) is 16.7 Å². The van der Waals surface area contributed by atoms with Crippen molar-refractivity contribution in [2.45, 2.75) is 38.1 Å². The van der Waals surface area contributed by atoms with Gasteiger partial charge in [-0.25, -0.2) is 0 Å². The Morgan fingerprint density at radius 3 is 2.76 bits per heavy atom. The highest BCUT2D eigenvalue weighted by atomic mass is 32.1. The second kappa shape index (κ2) is 7.68. The molecular weight excluding hydrogens is 288 g/mol. The Morgan fingerprint density at radius 2 is 2.05 bits per heavy atom. The number of nitro benzene ring substituents is 1. The predicted molar refractivity (Wildman–Crippen MR) is 86.4 cm³/mol. The molecule has 7 heteroatoms. The molecule has 112 valence electrons. The first kappa shape index (κ1) is 15.4. The minimum Gasteiger partial charge on any atom is -0.359 e. The highest BCUT2D eigenvalue weighted by Crippen LogP contribution is 2.17. The lowest BCUT2D eigenvalue weighted by molar-refractivity contribution is -0.385. The third kappa shape index (κ3) is 4.78. The highest BCUT2D eigenvalue weighted by Gasteiger charge is 2.13. The predicted octanol–water partition coefficient (Wildman–Crippen LogP) is 2.73. The Balaban J connectivity index is 1.87. The fourth-order valence-electron chi connectivity index (χ4n) is 2.39. The van der Waals surface area contributed by atoms with Crippen molar-refractivity contribution in [1.29, 1.82) is 0 Å². The molecule has 1 saturated carbocycles. The summed E-state index contributed by atoms with van der Waals surface area (Å²) in [6, 6.07) is 6.84. The molecule has 0 unspecified atom stereocenters. The summed E-state index contributed by atoms with van der Waals surface area (Å²) in [6.45, 7) is 0. The lowest BCUT2D eigenvalue weighted by Crippen LogP contribution is -2.40. The SMILES string of the molecule is O=[N+]([O-])c1ccccc1/C=N/NC(=S)NC1CCCCC1. The number of thiocarbonyl (C=S) groups is 1. The first-order valence-corrected chi connectivity index (χ1v) is 7.40. The van der Waals surface area contributed by atoms with Crippen LogP contribution in [0.2, 0.25) is 0 Å². The molecule has 0 aromatic heterocycles. The maximum Gasteiger partial charge on any atom is 0.278 e. The Morgan fingerprint density at radius 1 is 1.33 bits per heavy atom. The molecule has 21 heavy (non-hydrogen) atoms. The van der Waals surface area contributed by atoms with E-state index >= 15 is 0 Å². The first-order chi connectivity index (χ1) is 10.2. The van der Waals surface area contributed by atoms with Crippen molar-refractivity contribution >= 4 is 29.2 Å². The van der Waals surface area contributed by atoms with Crippen LogP contribution >= 0.6 is 12.2 Å². The third-order valence-corrected chi connectivity index (χ3v) is 3.65. The molecular formula is C14H18N4O2S. The summed E-state index contributed by atoms with van der Waals surface area (Å²) in [5, 5.41) is 18.5. The Labute approximate surface area is 128 Å². The van der Waals surface area contributed by atoms with Crippen molar-refractivity contribution in [2.75, 3.05) is 0 Å². The number of nitrogens with one attached hydrogen (secondary N) is 2. The van der Waals surface area contributed by atoms with Gasteiger partial charge in [-0.05, 0) is 31.1 Å². The van der Waals surface area contributed by atoms with Crippen LogP contribution in [0, 0.1) is 10.1 Å². The van der Waals surface area contributed by atoms with Gasteiger partial charge in [-0.1, -0.05) is 31.4 Å². The van der Waals surface area contributed by atoms with Crippen LogP contribution < -0.4 is 10.7 Å². The van der Waals surface area contributed by atoms with Gasteiger partial charge in [-0.15, -0.1) is 0 Å². The minimum atomic E-state index is -0.431. The lowest BCUT2D eigenvalue weighted by atomic mass is 9.96. The van der Waals surface area contributed by atoms with Gasteiger partial charge in [0.2, 0.25) is 0 Å². The number of nitro groups is 1. The van der Waals surface area contributed by atoms with E-state index in [9.17, 15) is 10.1 Å². The molecule has 1 aliphatic rings. The van der Waals surface area contributed by atoms with Crippen LogP contribution in [0.25, 0.3) is 0 Å². The van der Waals surface area contributed by atoms with Crippen LogP contribution in [0.4, 0.5) is 5.69 Å². The van der Waals surface area contributed by atoms with E-state index in [0.29, 0.717) is 16.7 Å². The Hall–Kier alpha value is -2.02. The largest absolute Gasteiger partial charge is 0.359 e. The normalized spacial score (nSPS) is 15.8. The second-order valence-electron chi connectivity index (χ2n) is 4.99. The zero-order valence-corrected chi connectivity index (χ0v) is 12.4. The summed E-state index contributed by atoms with van der Waals surface area (Å²) in [7, 11) is 0. The molecule has 2 N–H and O–H groups in total. The van der Waals surface area contributed by atoms with E-state index in [4.69, 9.17) is 12.2 Å². The third-order valence-electron chi connectivity index (χ3n) is 3.44. The number of hydrazone groups is 1. The lowest BCUT2D eigenvalue weighted by Gasteiger charge is -2.23. The highest BCUT2D eigenvalue weighted by molar-refractivity contribution is 7.80. The number of hydrogen-bond acceptors (Lipinski definition) is 4. The summed E-state index contributed by atoms with van der Waals surface area (Å²) < 4.78 is 0. The topological polar surface area (TPSA) is 79.6 Å². The molecule has 1 fully saturated rings. The molecule has 1 aromatic rings. The minimum absolute atomic E-state index is 0.0224. The van der Waals surface area contributed by atoms with Crippen molar-refractivity contribution in [3.8, 4) is 0 Å². The number of rotatable bonds is 4. The van der Waals surface area contributed by atoms with Crippen molar-refractivity contribution in [1.82, 2.24) is 10.7 Å². The van der Waals surface area contributed by atoms with Crippen LogP contribution in [-0.2, 0) is 0 Å². The molecule has 0 amide bonds. The van der Waals surface area contributed by atoms with E-state index in [1.165, 1.54) is 31.5 Å². The molecule has 2 rings (SSSR count). The van der Waals surface area contributed by atoms with Gasteiger partial charge in [-0.2, -0.15) is 5.10 Å². The van der Waals surface area contributed by atoms with Gasteiger partial charge < -0.3 is 5.32 Å². The fourth-order valence-corrected chi connectivity index (χ4v) is 2.61. The smallest absolute Gasteiger partial charge is 0.278 e. The van der Waals surface area contributed by atoms with Gasteiger partial charge in [0.25, 0.3) is 5.69 Å². The molecule has 0 radical (unpaired) electrons. The average Bonchev–Trinajstić information content (AvgIpc) is 2.48. The average molecular weight is 306 g/mol. The zero-order chi connectivity index (χ0) is 15.1. The van der Waals surface area contributed by atoms with E-state index in [0.717, 1.165) is 12.8 Å². The zero-order valence-electron chi connectivity index (χ0n) is 11.6. The van der Waals surface area contributed by atoms with E-state index in [1.54, 1.807) is 18.2 Å². The van der Waals surface area contributed by atoms with Gasteiger partial charge in [0.1, 0.15) is 0 Å². The van der Waals surface area contributed by atoms with Crippen LogP contribution in [0.5, 0.6) is 0 Å². The monoisotopic (exact) mass is 306 g/mol. The first-order valence-electron chi connectivity index (χ1n) is 7.00. The number of nitrogens with zero attached hydrogens (tertiary/aromatic N) is 2. The van der Waals surface area contributed by atoms with E-state index in [-0.39, 0.29) is 5.69 Å². The summed E-state index contributed by atoms with van der Waals surface area (Å²) in [5.74, 6) is 0. The Kier molecular flexibility index (Phi) is 5.62. The number of para-hydroxylation sites is 1. The Bertz CT molecular complexity index is 542. The van der Waals surface area contributed by atoms with E-state index < -0.39 is 4.92 Å². The summed E-state index contributed by atoms with van der Waals surface area (Å²) >= 11 is 5.16. The molecule has 1 aromatic carbocycles. The molecule has 0 saturated heterocycles. The quantitative estimate of drug-likeness (QED) is 0.387. The number of benzene rings is 1. The second-order valence-corrected chi connectivity index (χ2v) is 5.40. The molecule has 0 heterocycles. The van der Waals surface area contributed by atoms with Gasteiger partial charge >= 0.3 is 0 Å². The van der Waals surface area contributed by atoms with Crippen molar-refractivity contribution in [2.24, 2.45) is 5.10 Å². The summed E-state index contributed by atoms with van der Waals surface area (Å²) in [6.07, 6.45) is 7.38. The van der Waals surface area contributed by atoms with Crippen molar-refractivity contribution in [3.05, 3.63) is 39.9 Å².